The van der Waals surface area contributed by atoms with Gasteiger partial charge in [-0.25, -0.2) is 0 Å². The number of aryl methyl sites for hydroxylation is 3. The number of nitrogens with zero attached hydrogens (tertiary/aromatic N) is 2. The zero-order valence-corrected chi connectivity index (χ0v) is 17.7. The Labute approximate surface area is 176 Å². The van der Waals surface area contributed by atoms with E-state index in [1.165, 1.54) is 5.56 Å². The van der Waals surface area contributed by atoms with Gasteiger partial charge < -0.3 is 15.1 Å². The Balaban J connectivity index is 1.44. The molecule has 0 aliphatic carbocycles. The van der Waals surface area contributed by atoms with Gasteiger partial charge in [0.1, 0.15) is 12.6 Å². The Kier molecular flexibility index (Phi) is 5.33. The number of carbonyl (C=O) groups excluding carboxylic acids is 3. The summed E-state index contributed by atoms with van der Waals surface area (Å²) in [5.41, 5.74) is 5.54. The number of hydrogen-bond donors (Lipinski definition) is 1. The number of benzene rings is 2. The summed E-state index contributed by atoms with van der Waals surface area (Å²) >= 11 is 0. The topological polar surface area (TPSA) is 69.7 Å². The molecule has 0 unspecified atom stereocenters. The van der Waals surface area contributed by atoms with Gasteiger partial charge in [-0.3, -0.25) is 14.4 Å². The van der Waals surface area contributed by atoms with E-state index in [0.29, 0.717) is 18.7 Å². The van der Waals surface area contributed by atoms with E-state index in [2.05, 4.69) is 5.32 Å². The molecule has 0 radical (unpaired) electrons. The van der Waals surface area contributed by atoms with Crippen molar-refractivity contribution < 1.29 is 14.4 Å². The highest BCUT2D eigenvalue weighted by Gasteiger charge is 2.41. The minimum atomic E-state index is -0.294. The van der Waals surface area contributed by atoms with Gasteiger partial charge in [0.25, 0.3) is 5.91 Å². The predicted octanol–water partition coefficient (Wildman–Crippen LogP) is 3.20. The normalized spacial score (nSPS) is 18.6. The van der Waals surface area contributed by atoms with Crippen LogP contribution >= 0.6 is 0 Å². The van der Waals surface area contributed by atoms with Crippen molar-refractivity contribution in [2.75, 3.05) is 18.4 Å². The smallest absolute Gasteiger partial charge is 0.255 e. The fraction of sp³-hybridized carbons (Fsp3) is 0.375. The molecule has 2 fully saturated rings. The Morgan fingerprint density at radius 3 is 2.40 bits per heavy atom. The molecule has 0 spiro atoms. The maximum atomic E-state index is 12.7. The molecule has 1 N–H and O–H groups in total. The number of rotatable bonds is 4. The third-order valence-corrected chi connectivity index (χ3v) is 6.00. The average Bonchev–Trinajstić information content (AvgIpc) is 3.20. The molecule has 156 valence electrons. The van der Waals surface area contributed by atoms with Gasteiger partial charge in [-0.05, 0) is 62.4 Å². The molecule has 2 aliphatic rings. The summed E-state index contributed by atoms with van der Waals surface area (Å²) in [5.74, 6) is -0.112. The summed E-state index contributed by atoms with van der Waals surface area (Å²) in [5, 5.41) is 3.01. The standard InChI is InChI=1S/C24H27N3O3/c1-15-11-16(2)22(17(3)12-15)25-23(29)19-8-6-18(7-9-19)13-26-14-21(28)27-10-4-5-20(27)24(26)30/h6-9,11-12,20H,4-5,10,13-14H2,1-3H3,(H,25,29)/t20-/m0/s1. The van der Waals surface area contributed by atoms with Gasteiger partial charge in [-0.1, -0.05) is 29.8 Å². The molecule has 0 bridgehead atoms. The number of piperazine rings is 1. The molecule has 0 saturated carbocycles. The highest BCUT2D eigenvalue weighted by atomic mass is 16.2. The van der Waals surface area contributed by atoms with Crippen molar-refractivity contribution in [2.45, 2.75) is 46.2 Å². The van der Waals surface area contributed by atoms with Crippen LogP contribution in [0.4, 0.5) is 5.69 Å². The molecule has 6 heteroatoms. The zero-order chi connectivity index (χ0) is 21.4. The van der Waals surface area contributed by atoms with Crippen LogP contribution in [0.1, 0.15) is 45.5 Å². The Bertz CT molecular complexity index is 990. The first-order valence-corrected chi connectivity index (χ1v) is 10.4. The van der Waals surface area contributed by atoms with Crippen LogP contribution in [0.5, 0.6) is 0 Å². The van der Waals surface area contributed by atoms with E-state index in [1.807, 2.05) is 45.0 Å². The van der Waals surface area contributed by atoms with Crippen LogP contribution in [0.2, 0.25) is 0 Å². The first-order chi connectivity index (χ1) is 14.3. The minimum absolute atomic E-state index is 0.0249. The number of carbonyl (C=O) groups is 3. The van der Waals surface area contributed by atoms with E-state index in [9.17, 15) is 14.4 Å². The SMILES string of the molecule is Cc1cc(C)c(NC(=O)c2ccc(CN3CC(=O)N4CCC[C@H]4C3=O)cc2)c(C)c1. The van der Waals surface area contributed by atoms with Crippen LogP contribution < -0.4 is 5.32 Å². The summed E-state index contributed by atoms with van der Waals surface area (Å²) in [7, 11) is 0. The van der Waals surface area contributed by atoms with E-state index in [1.54, 1.807) is 21.9 Å². The summed E-state index contributed by atoms with van der Waals surface area (Å²) in [4.78, 5) is 41.0. The molecule has 4 rings (SSSR count). The number of nitrogens with one attached hydrogen (secondary N) is 1. The van der Waals surface area contributed by atoms with Crippen molar-refractivity contribution in [1.29, 1.82) is 0 Å². The largest absolute Gasteiger partial charge is 0.329 e. The summed E-state index contributed by atoms with van der Waals surface area (Å²) < 4.78 is 0. The van der Waals surface area contributed by atoms with Crippen LogP contribution in [0.3, 0.4) is 0 Å². The van der Waals surface area contributed by atoms with Gasteiger partial charge in [0, 0.05) is 24.3 Å². The second-order valence-electron chi connectivity index (χ2n) is 8.36. The van der Waals surface area contributed by atoms with Crippen LogP contribution in [0.25, 0.3) is 0 Å². The average molecular weight is 405 g/mol. The van der Waals surface area contributed by atoms with E-state index in [-0.39, 0.29) is 30.3 Å². The van der Waals surface area contributed by atoms with Crippen LogP contribution in [-0.2, 0) is 16.1 Å². The van der Waals surface area contributed by atoms with E-state index in [0.717, 1.165) is 35.2 Å². The molecule has 6 nitrogen and oxygen atoms in total. The van der Waals surface area contributed by atoms with Crippen LogP contribution in [-0.4, -0.2) is 46.7 Å². The van der Waals surface area contributed by atoms with Gasteiger partial charge in [-0.2, -0.15) is 0 Å². The molecule has 3 amide bonds. The fourth-order valence-electron chi connectivity index (χ4n) is 4.54. The summed E-state index contributed by atoms with van der Waals surface area (Å²) in [6.07, 6.45) is 1.64. The van der Waals surface area contributed by atoms with Gasteiger partial charge in [-0.15, -0.1) is 0 Å². The summed E-state index contributed by atoms with van der Waals surface area (Å²) in [6, 6.07) is 11.0. The number of fused-ring (bicyclic) bond motifs is 1. The van der Waals surface area contributed by atoms with E-state index in [4.69, 9.17) is 0 Å². The molecule has 30 heavy (non-hydrogen) atoms. The van der Waals surface area contributed by atoms with Crippen molar-refractivity contribution in [3.05, 3.63) is 64.2 Å². The van der Waals surface area contributed by atoms with Crippen molar-refractivity contribution >= 4 is 23.4 Å². The maximum Gasteiger partial charge on any atom is 0.255 e. The van der Waals surface area contributed by atoms with Crippen molar-refractivity contribution in [2.24, 2.45) is 0 Å². The van der Waals surface area contributed by atoms with Gasteiger partial charge in [0.05, 0.1) is 0 Å². The second kappa shape index (κ2) is 7.94. The number of hydrogen-bond acceptors (Lipinski definition) is 3. The maximum absolute atomic E-state index is 12.7. The fourth-order valence-corrected chi connectivity index (χ4v) is 4.54. The Morgan fingerprint density at radius 2 is 1.73 bits per heavy atom. The summed E-state index contributed by atoms with van der Waals surface area (Å²) in [6.45, 7) is 7.21. The van der Waals surface area contributed by atoms with E-state index < -0.39 is 0 Å². The highest BCUT2D eigenvalue weighted by Crippen LogP contribution is 2.25. The molecular weight excluding hydrogens is 378 g/mol. The zero-order valence-electron chi connectivity index (χ0n) is 17.7. The van der Waals surface area contributed by atoms with Crippen molar-refractivity contribution in [3.8, 4) is 0 Å². The van der Waals surface area contributed by atoms with E-state index >= 15 is 0 Å². The molecule has 2 heterocycles. The highest BCUT2D eigenvalue weighted by molar-refractivity contribution is 6.05. The third-order valence-electron chi connectivity index (χ3n) is 6.00. The quantitative estimate of drug-likeness (QED) is 0.849. The van der Waals surface area contributed by atoms with Crippen LogP contribution in [0, 0.1) is 20.8 Å². The monoisotopic (exact) mass is 405 g/mol. The second-order valence-corrected chi connectivity index (χ2v) is 8.36. The Hall–Kier alpha value is -3.15. The number of amides is 3. The van der Waals surface area contributed by atoms with Crippen molar-refractivity contribution in [1.82, 2.24) is 9.80 Å². The van der Waals surface area contributed by atoms with Crippen LogP contribution in [0.15, 0.2) is 36.4 Å². The predicted molar refractivity (Wildman–Crippen MR) is 115 cm³/mol. The molecule has 2 aromatic carbocycles. The van der Waals surface area contributed by atoms with Crippen molar-refractivity contribution in [3.63, 3.8) is 0 Å². The lowest BCUT2D eigenvalue weighted by Crippen LogP contribution is -2.56. The molecule has 2 aliphatic heterocycles. The lowest BCUT2D eigenvalue weighted by atomic mass is 10.0. The lowest BCUT2D eigenvalue weighted by Gasteiger charge is -2.36. The first kappa shape index (κ1) is 20.1. The third kappa shape index (κ3) is 3.82. The van der Waals surface area contributed by atoms with Gasteiger partial charge in [0.15, 0.2) is 0 Å². The first-order valence-electron chi connectivity index (χ1n) is 10.4. The minimum Gasteiger partial charge on any atom is -0.329 e. The number of anilines is 1. The van der Waals surface area contributed by atoms with Gasteiger partial charge in [0.2, 0.25) is 11.8 Å². The Morgan fingerprint density at radius 1 is 1.07 bits per heavy atom. The molecule has 0 aromatic heterocycles. The lowest BCUT2D eigenvalue weighted by molar-refractivity contribution is -0.154. The molecule has 2 aromatic rings. The molecule has 2 saturated heterocycles. The molecule has 1 atom stereocenters. The van der Waals surface area contributed by atoms with Gasteiger partial charge >= 0.3 is 0 Å². The molecular formula is C24H27N3O3.